The summed E-state index contributed by atoms with van der Waals surface area (Å²) in [5.74, 6) is 0. The van der Waals surface area contributed by atoms with Crippen molar-refractivity contribution >= 4 is 23.3 Å². The molecule has 1 unspecified atom stereocenters. The van der Waals surface area contributed by atoms with Crippen molar-refractivity contribution in [3.63, 3.8) is 0 Å². The lowest BCUT2D eigenvalue weighted by atomic mass is 10.2. The van der Waals surface area contributed by atoms with Crippen LogP contribution < -0.4 is 10.6 Å². The summed E-state index contributed by atoms with van der Waals surface area (Å²) in [6.45, 7) is 6.44. The number of anilines is 1. The first-order valence-corrected chi connectivity index (χ1v) is 7.53. The van der Waals surface area contributed by atoms with E-state index in [1.54, 1.807) is 6.07 Å². The van der Waals surface area contributed by atoms with Gasteiger partial charge in [0.25, 0.3) is 0 Å². The molecule has 0 bridgehead atoms. The van der Waals surface area contributed by atoms with E-state index in [4.69, 9.17) is 11.6 Å². The maximum absolute atomic E-state index is 12.3. The Bertz CT molecular complexity index is 472. The van der Waals surface area contributed by atoms with Crippen LogP contribution in [0.3, 0.4) is 0 Å². The number of carbonyl (C=O) groups is 1. The van der Waals surface area contributed by atoms with Crippen LogP contribution in [-0.2, 0) is 0 Å². The van der Waals surface area contributed by atoms with E-state index in [0.717, 1.165) is 30.8 Å². The molecule has 2 rings (SSSR count). The molecule has 1 aromatic carbocycles. The minimum atomic E-state index is -0.0684. The lowest BCUT2D eigenvalue weighted by Crippen LogP contribution is -2.43. The Kier molecular flexibility index (Phi) is 5.26. The number of hydrogen-bond acceptors (Lipinski definition) is 2. The first-order chi connectivity index (χ1) is 9.60. The molecule has 20 heavy (non-hydrogen) atoms. The largest absolute Gasteiger partial charge is 0.323 e. The number of nitrogens with zero attached hydrogens (tertiary/aromatic N) is 1. The maximum atomic E-state index is 12.3. The van der Waals surface area contributed by atoms with E-state index in [2.05, 4.69) is 10.6 Å². The third kappa shape index (κ3) is 3.87. The third-order valence-corrected chi connectivity index (χ3v) is 4.10. The van der Waals surface area contributed by atoms with Gasteiger partial charge in [0.05, 0.1) is 0 Å². The van der Waals surface area contributed by atoms with Crippen LogP contribution >= 0.6 is 11.6 Å². The Morgan fingerprint density at radius 1 is 1.55 bits per heavy atom. The predicted molar refractivity (Wildman–Crippen MR) is 83.5 cm³/mol. The highest BCUT2D eigenvalue weighted by molar-refractivity contribution is 6.31. The van der Waals surface area contributed by atoms with Gasteiger partial charge in [0, 0.05) is 29.8 Å². The van der Waals surface area contributed by atoms with Crippen LogP contribution in [0.2, 0.25) is 5.02 Å². The van der Waals surface area contributed by atoms with Crippen molar-refractivity contribution in [2.45, 2.75) is 32.7 Å². The molecule has 1 aliphatic heterocycles. The standard InChI is InChI=1S/C15H22ClN3O/c1-3-19(10-13-5-4-8-17-13)15(20)18-12-7-6-11(2)14(16)9-12/h6-7,9,13,17H,3-5,8,10H2,1-2H3,(H,18,20). The number of carbonyl (C=O) groups excluding carboxylic acids is 1. The molecule has 1 heterocycles. The Hall–Kier alpha value is -1.26. The summed E-state index contributed by atoms with van der Waals surface area (Å²) >= 11 is 6.07. The number of benzene rings is 1. The smallest absolute Gasteiger partial charge is 0.321 e. The van der Waals surface area contributed by atoms with Crippen molar-refractivity contribution in [1.29, 1.82) is 0 Å². The van der Waals surface area contributed by atoms with E-state index in [9.17, 15) is 4.79 Å². The number of rotatable bonds is 4. The molecule has 4 nitrogen and oxygen atoms in total. The fourth-order valence-electron chi connectivity index (χ4n) is 2.41. The van der Waals surface area contributed by atoms with Gasteiger partial charge < -0.3 is 15.5 Å². The van der Waals surface area contributed by atoms with Crippen molar-refractivity contribution in [1.82, 2.24) is 10.2 Å². The van der Waals surface area contributed by atoms with E-state index >= 15 is 0 Å². The first kappa shape index (κ1) is 15.1. The van der Waals surface area contributed by atoms with Crippen molar-refractivity contribution < 1.29 is 4.79 Å². The summed E-state index contributed by atoms with van der Waals surface area (Å²) in [5.41, 5.74) is 1.75. The first-order valence-electron chi connectivity index (χ1n) is 7.15. The van der Waals surface area contributed by atoms with E-state index < -0.39 is 0 Å². The summed E-state index contributed by atoms with van der Waals surface area (Å²) < 4.78 is 0. The number of halogens is 1. The van der Waals surface area contributed by atoms with Crippen LogP contribution in [-0.4, -0.2) is 36.6 Å². The number of hydrogen-bond donors (Lipinski definition) is 2. The number of likely N-dealkylation sites (N-methyl/N-ethyl adjacent to an activating group) is 1. The van der Waals surface area contributed by atoms with Gasteiger partial charge in [-0.2, -0.15) is 0 Å². The third-order valence-electron chi connectivity index (χ3n) is 3.70. The highest BCUT2D eigenvalue weighted by Crippen LogP contribution is 2.20. The minimum absolute atomic E-state index is 0.0684. The van der Waals surface area contributed by atoms with Gasteiger partial charge in [-0.25, -0.2) is 4.79 Å². The molecule has 110 valence electrons. The Morgan fingerprint density at radius 2 is 2.35 bits per heavy atom. The molecule has 1 saturated heterocycles. The molecule has 1 fully saturated rings. The van der Waals surface area contributed by atoms with E-state index in [0.29, 0.717) is 17.6 Å². The number of amides is 2. The quantitative estimate of drug-likeness (QED) is 0.895. The lowest BCUT2D eigenvalue weighted by Gasteiger charge is -2.24. The van der Waals surface area contributed by atoms with E-state index in [1.807, 2.05) is 30.9 Å². The van der Waals surface area contributed by atoms with E-state index in [1.165, 1.54) is 6.42 Å². The molecule has 0 radical (unpaired) electrons. The van der Waals surface area contributed by atoms with Crippen LogP contribution in [0, 0.1) is 6.92 Å². The average molecular weight is 296 g/mol. The molecule has 2 N–H and O–H groups in total. The van der Waals surface area contributed by atoms with Gasteiger partial charge in [0.15, 0.2) is 0 Å². The van der Waals surface area contributed by atoms with Crippen molar-refractivity contribution in [2.75, 3.05) is 25.0 Å². The van der Waals surface area contributed by atoms with Crippen LogP contribution in [0.1, 0.15) is 25.3 Å². The summed E-state index contributed by atoms with van der Waals surface area (Å²) in [5, 5.41) is 6.99. The fourth-order valence-corrected chi connectivity index (χ4v) is 2.59. The SMILES string of the molecule is CCN(CC1CCCN1)C(=O)Nc1ccc(C)c(Cl)c1. The maximum Gasteiger partial charge on any atom is 0.321 e. The molecule has 1 atom stereocenters. The van der Waals surface area contributed by atoms with Crippen LogP contribution in [0.25, 0.3) is 0 Å². The minimum Gasteiger partial charge on any atom is -0.323 e. The van der Waals surface area contributed by atoms with Gasteiger partial charge in [-0.1, -0.05) is 17.7 Å². The fraction of sp³-hybridized carbons (Fsp3) is 0.533. The zero-order valence-corrected chi connectivity index (χ0v) is 12.8. The van der Waals surface area contributed by atoms with Crippen molar-refractivity contribution in [3.05, 3.63) is 28.8 Å². The highest BCUT2D eigenvalue weighted by Gasteiger charge is 2.20. The second kappa shape index (κ2) is 6.95. The van der Waals surface area contributed by atoms with Crippen molar-refractivity contribution in [2.24, 2.45) is 0 Å². The van der Waals surface area contributed by atoms with Gasteiger partial charge in [-0.3, -0.25) is 0 Å². The molecule has 2 amide bonds. The number of aryl methyl sites for hydroxylation is 1. The Balaban J connectivity index is 1.95. The van der Waals surface area contributed by atoms with Crippen LogP contribution in [0.15, 0.2) is 18.2 Å². The lowest BCUT2D eigenvalue weighted by molar-refractivity contribution is 0.209. The Labute approximate surface area is 125 Å². The Morgan fingerprint density at radius 3 is 2.95 bits per heavy atom. The second-order valence-electron chi connectivity index (χ2n) is 5.23. The van der Waals surface area contributed by atoms with Crippen LogP contribution in [0.5, 0.6) is 0 Å². The summed E-state index contributed by atoms with van der Waals surface area (Å²) in [6, 6.07) is 5.92. The van der Waals surface area contributed by atoms with Crippen LogP contribution in [0.4, 0.5) is 10.5 Å². The van der Waals surface area contributed by atoms with Crippen molar-refractivity contribution in [3.8, 4) is 0 Å². The van der Waals surface area contributed by atoms with Gasteiger partial charge in [-0.05, 0) is 50.9 Å². The normalized spacial score (nSPS) is 18.1. The van der Waals surface area contributed by atoms with Gasteiger partial charge >= 0.3 is 6.03 Å². The molecule has 0 aliphatic carbocycles. The monoisotopic (exact) mass is 295 g/mol. The molecule has 5 heteroatoms. The molecular formula is C15H22ClN3O. The zero-order chi connectivity index (χ0) is 14.5. The summed E-state index contributed by atoms with van der Waals surface area (Å²) in [7, 11) is 0. The summed E-state index contributed by atoms with van der Waals surface area (Å²) in [4.78, 5) is 14.1. The number of urea groups is 1. The topological polar surface area (TPSA) is 44.4 Å². The predicted octanol–water partition coefficient (Wildman–Crippen LogP) is 3.25. The highest BCUT2D eigenvalue weighted by atomic mass is 35.5. The second-order valence-corrected chi connectivity index (χ2v) is 5.63. The molecular weight excluding hydrogens is 274 g/mol. The molecule has 0 spiro atoms. The van der Waals surface area contributed by atoms with Gasteiger partial charge in [-0.15, -0.1) is 0 Å². The molecule has 0 saturated carbocycles. The zero-order valence-electron chi connectivity index (χ0n) is 12.1. The number of nitrogens with one attached hydrogen (secondary N) is 2. The van der Waals surface area contributed by atoms with E-state index in [-0.39, 0.29) is 6.03 Å². The van der Waals surface area contributed by atoms with Gasteiger partial charge in [0.2, 0.25) is 0 Å². The molecule has 1 aliphatic rings. The van der Waals surface area contributed by atoms with Gasteiger partial charge in [0.1, 0.15) is 0 Å². The average Bonchev–Trinajstić information content (AvgIpc) is 2.93. The molecule has 1 aromatic rings. The molecule has 0 aromatic heterocycles. The summed E-state index contributed by atoms with van der Waals surface area (Å²) in [6.07, 6.45) is 2.33.